The highest BCUT2D eigenvalue weighted by molar-refractivity contribution is 7.98. The van der Waals surface area contributed by atoms with Crippen LogP contribution >= 0.6 is 11.8 Å². The summed E-state index contributed by atoms with van der Waals surface area (Å²) in [5.41, 5.74) is 16.0. The van der Waals surface area contributed by atoms with Crippen molar-refractivity contribution in [1.82, 2.24) is 16.0 Å². The number of thioether (sulfide) groups is 1. The van der Waals surface area contributed by atoms with Crippen molar-refractivity contribution in [3.05, 3.63) is 0 Å². The Kier molecular flexibility index (Phi) is 16.0. The summed E-state index contributed by atoms with van der Waals surface area (Å²) < 4.78 is 0. The summed E-state index contributed by atoms with van der Waals surface area (Å²) in [5, 5.41) is 34.2. The summed E-state index contributed by atoms with van der Waals surface area (Å²) in [5.74, 6) is -6.41. The molecule has 0 aromatic rings. The van der Waals surface area contributed by atoms with Crippen molar-refractivity contribution in [1.29, 1.82) is 0 Å². The van der Waals surface area contributed by atoms with Crippen molar-refractivity contribution in [3.8, 4) is 0 Å². The van der Waals surface area contributed by atoms with Crippen LogP contribution < -0.4 is 33.2 Å². The summed E-state index contributed by atoms with van der Waals surface area (Å²) in [7, 11) is 0. The maximum atomic E-state index is 12.9. The van der Waals surface area contributed by atoms with Gasteiger partial charge in [0.15, 0.2) is 5.96 Å². The topological polar surface area (TPSA) is 290 Å². The summed E-state index contributed by atoms with van der Waals surface area (Å²) in [6.45, 7) is 0.113. The average molecular weight is 550 g/mol. The molecule has 0 rings (SSSR count). The lowest BCUT2D eigenvalue weighted by Crippen LogP contribution is -2.57. The molecule has 0 radical (unpaired) electrons. The number of carboxylic acids is 3. The number of rotatable bonds is 19. The largest absolute Gasteiger partial charge is 0.481 e. The van der Waals surface area contributed by atoms with E-state index in [1.165, 1.54) is 11.8 Å². The van der Waals surface area contributed by atoms with Crippen LogP contribution in [0, 0.1) is 0 Å². The highest BCUT2D eigenvalue weighted by atomic mass is 32.2. The molecule has 0 bridgehead atoms. The van der Waals surface area contributed by atoms with E-state index in [2.05, 4.69) is 20.9 Å². The van der Waals surface area contributed by atoms with Gasteiger partial charge < -0.3 is 48.5 Å². The minimum Gasteiger partial charge on any atom is -0.481 e. The second-order valence-electron chi connectivity index (χ2n) is 7.89. The van der Waals surface area contributed by atoms with Crippen molar-refractivity contribution in [2.24, 2.45) is 22.2 Å². The number of hydrogen-bond donors (Lipinski definition) is 9. The molecule has 0 spiro atoms. The first-order valence-electron chi connectivity index (χ1n) is 11.2. The van der Waals surface area contributed by atoms with E-state index in [4.69, 9.17) is 27.4 Å². The third-order valence-corrected chi connectivity index (χ3v) is 5.46. The maximum Gasteiger partial charge on any atom is 0.326 e. The Hall–Kier alpha value is -3.60. The lowest BCUT2D eigenvalue weighted by Gasteiger charge is -2.25. The van der Waals surface area contributed by atoms with Crippen molar-refractivity contribution in [3.63, 3.8) is 0 Å². The first-order chi connectivity index (χ1) is 17.3. The van der Waals surface area contributed by atoms with Gasteiger partial charge in [-0.25, -0.2) is 4.79 Å². The van der Waals surface area contributed by atoms with Crippen molar-refractivity contribution < 1.29 is 44.1 Å². The van der Waals surface area contributed by atoms with Gasteiger partial charge in [-0.15, -0.1) is 0 Å². The van der Waals surface area contributed by atoms with E-state index in [0.717, 1.165) is 0 Å². The number of nitrogens with two attached hydrogens (primary N) is 3. The first-order valence-corrected chi connectivity index (χ1v) is 12.5. The lowest BCUT2D eigenvalue weighted by molar-refractivity contribution is -0.143. The Labute approximate surface area is 217 Å². The number of aliphatic imine (C=N–C) groups is 1. The Morgan fingerprint density at radius 1 is 0.811 bits per heavy atom. The van der Waals surface area contributed by atoms with Crippen LogP contribution in [0.4, 0.5) is 0 Å². The zero-order chi connectivity index (χ0) is 28.5. The van der Waals surface area contributed by atoms with Gasteiger partial charge in [0.1, 0.15) is 18.1 Å². The summed E-state index contributed by atoms with van der Waals surface area (Å²) in [4.78, 5) is 75.1. The van der Waals surface area contributed by atoms with E-state index in [1.54, 1.807) is 6.26 Å². The molecule has 16 nitrogen and oxygen atoms in total. The van der Waals surface area contributed by atoms with Gasteiger partial charge in [-0.1, -0.05) is 0 Å². The van der Waals surface area contributed by atoms with E-state index >= 15 is 0 Å². The van der Waals surface area contributed by atoms with Crippen LogP contribution in [-0.2, 0) is 28.8 Å². The van der Waals surface area contributed by atoms with E-state index in [-0.39, 0.29) is 38.2 Å². The fraction of sp³-hybridized carbons (Fsp3) is 0.650. The third-order valence-electron chi connectivity index (χ3n) is 4.81. The number of amides is 3. The number of carboxylic acid groups (broad SMARTS) is 3. The highest BCUT2D eigenvalue weighted by Crippen LogP contribution is 2.07. The molecule has 12 N–H and O–H groups in total. The molecule has 0 saturated carbocycles. The van der Waals surface area contributed by atoms with Gasteiger partial charge in [0.25, 0.3) is 0 Å². The molecule has 17 heteroatoms. The Morgan fingerprint density at radius 3 is 1.84 bits per heavy atom. The molecule has 37 heavy (non-hydrogen) atoms. The number of aliphatic carboxylic acids is 3. The van der Waals surface area contributed by atoms with E-state index < -0.39 is 72.6 Å². The molecule has 3 amide bonds. The van der Waals surface area contributed by atoms with Gasteiger partial charge in [-0.05, 0) is 37.7 Å². The Morgan fingerprint density at radius 2 is 1.35 bits per heavy atom. The smallest absolute Gasteiger partial charge is 0.326 e. The second kappa shape index (κ2) is 17.8. The van der Waals surface area contributed by atoms with Crippen LogP contribution in [0.1, 0.15) is 38.5 Å². The van der Waals surface area contributed by atoms with Crippen LogP contribution in [0.25, 0.3) is 0 Å². The Bertz CT molecular complexity index is 852. The number of guanidine groups is 1. The molecule has 0 heterocycles. The van der Waals surface area contributed by atoms with E-state index in [0.29, 0.717) is 5.75 Å². The Balaban J connectivity index is 5.53. The summed E-state index contributed by atoms with van der Waals surface area (Å²) >= 11 is 1.35. The minimum atomic E-state index is -1.44. The third kappa shape index (κ3) is 15.2. The molecule has 4 unspecified atom stereocenters. The van der Waals surface area contributed by atoms with Crippen LogP contribution in [0.15, 0.2) is 4.99 Å². The molecule has 0 aromatic heterocycles. The average Bonchev–Trinajstić information content (AvgIpc) is 2.79. The molecular formula is C20H35N7O9S. The molecular weight excluding hydrogens is 514 g/mol. The molecule has 0 saturated heterocycles. The van der Waals surface area contributed by atoms with E-state index in [9.17, 15) is 33.9 Å². The zero-order valence-corrected chi connectivity index (χ0v) is 21.2. The van der Waals surface area contributed by atoms with E-state index in [1.807, 2.05) is 0 Å². The van der Waals surface area contributed by atoms with Gasteiger partial charge >= 0.3 is 17.9 Å². The van der Waals surface area contributed by atoms with Crippen molar-refractivity contribution in [2.75, 3.05) is 18.6 Å². The van der Waals surface area contributed by atoms with Crippen molar-refractivity contribution >= 4 is 53.4 Å². The SMILES string of the molecule is CSCCC(NC(=O)C(N)CC(=O)O)C(=O)NC(CCC(=O)O)C(=O)NC(CCCN=C(N)N)C(=O)O. The fourth-order valence-electron chi connectivity index (χ4n) is 2.91. The predicted octanol–water partition coefficient (Wildman–Crippen LogP) is -3.00. The molecule has 0 aromatic carbocycles. The quantitative estimate of drug-likeness (QED) is 0.0441. The number of nitrogens with one attached hydrogen (secondary N) is 3. The second-order valence-corrected chi connectivity index (χ2v) is 8.87. The molecule has 0 aliphatic rings. The first kappa shape index (κ1) is 33.4. The van der Waals surface area contributed by atoms with Crippen molar-refractivity contribution in [2.45, 2.75) is 62.7 Å². The van der Waals surface area contributed by atoms with Crippen LogP contribution in [0.5, 0.6) is 0 Å². The monoisotopic (exact) mass is 549 g/mol. The summed E-state index contributed by atoms with van der Waals surface area (Å²) in [6, 6.07) is -5.45. The fourth-order valence-corrected chi connectivity index (χ4v) is 3.38. The molecule has 0 aliphatic carbocycles. The molecule has 4 atom stereocenters. The predicted molar refractivity (Wildman–Crippen MR) is 133 cm³/mol. The standard InChI is InChI=1S/C20H35N7O9S/c1-37-8-6-12(25-16(32)10(21)9-15(30)31)18(34)26-11(4-5-14(28)29)17(33)27-13(19(35)36)3-2-7-24-20(22)23/h10-13H,2-9,21H2,1H3,(H,25,32)(H,26,34)(H,27,33)(H,28,29)(H,30,31)(H,35,36)(H4,22,23,24). The number of nitrogens with zero attached hydrogens (tertiary/aromatic N) is 1. The molecule has 0 fully saturated rings. The van der Waals surface area contributed by atoms with Crippen LogP contribution in [0.2, 0.25) is 0 Å². The maximum absolute atomic E-state index is 12.9. The zero-order valence-electron chi connectivity index (χ0n) is 20.3. The van der Waals surface area contributed by atoms with Crippen LogP contribution in [-0.4, -0.2) is 99.6 Å². The number of hydrogen-bond acceptors (Lipinski definition) is 9. The minimum absolute atomic E-state index is 0.0503. The highest BCUT2D eigenvalue weighted by Gasteiger charge is 2.30. The van der Waals surface area contributed by atoms with Gasteiger partial charge in [0.2, 0.25) is 17.7 Å². The van der Waals surface area contributed by atoms with Crippen LogP contribution in [0.3, 0.4) is 0 Å². The normalized spacial score (nSPS) is 13.8. The van der Waals surface area contributed by atoms with Gasteiger partial charge in [-0.2, -0.15) is 11.8 Å². The lowest BCUT2D eigenvalue weighted by atomic mass is 10.1. The number of carbonyl (C=O) groups is 6. The van der Waals surface area contributed by atoms with Gasteiger partial charge in [-0.3, -0.25) is 29.0 Å². The van der Waals surface area contributed by atoms with Gasteiger partial charge in [0.05, 0.1) is 12.5 Å². The summed E-state index contributed by atoms with van der Waals surface area (Å²) in [6.07, 6.45) is 0.433. The molecule has 0 aliphatic heterocycles. The van der Waals surface area contributed by atoms with Gasteiger partial charge in [0, 0.05) is 13.0 Å². The molecule has 210 valence electrons. The number of carbonyl (C=O) groups excluding carboxylic acids is 3.